The standard InChI is InChI=1S/C63H60N4O/c1-60(2,3)47-34-35-64-59(39-47)67-56-31-20-19-30-54(56)55-33-32-53(41-57(55)67)68-52-29-21-28-50(40-52)65-42-58(63(8,9)46-26-17-12-18-27-46)66(43-65)51-37-48(61(4,5)44-22-13-10-14-23-44)36-49(38-51)62(6,7)45-24-15-11-16-25-45/h10-42H,1-9H3. The van der Waals surface area contributed by atoms with E-state index in [1.165, 1.54) is 38.8 Å². The Morgan fingerprint density at radius 3 is 1.63 bits per heavy atom. The molecule has 3 heterocycles. The average Bonchev–Trinajstić information content (AvgIpc) is 3.96. The van der Waals surface area contributed by atoms with Crippen LogP contribution in [0.1, 0.15) is 101 Å². The van der Waals surface area contributed by atoms with E-state index in [1.807, 2.05) is 12.3 Å². The fraction of sp³-hybridized carbons (Fsp3) is 0.206. The highest BCUT2D eigenvalue weighted by Gasteiger charge is 2.32. The van der Waals surface area contributed by atoms with E-state index in [2.05, 4.69) is 271 Å². The number of hydrogen-bond acceptors (Lipinski definition) is 2. The van der Waals surface area contributed by atoms with Gasteiger partial charge in [0.15, 0.2) is 0 Å². The molecule has 0 fully saturated rings. The van der Waals surface area contributed by atoms with Gasteiger partial charge in [0.1, 0.15) is 17.3 Å². The lowest BCUT2D eigenvalue weighted by atomic mass is 9.73. The van der Waals surface area contributed by atoms with Crippen molar-refractivity contribution in [1.82, 2.24) is 14.1 Å². The molecule has 0 atom stereocenters. The van der Waals surface area contributed by atoms with Gasteiger partial charge in [-0.3, -0.25) is 13.7 Å². The van der Waals surface area contributed by atoms with E-state index in [0.717, 1.165) is 50.8 Å². The molecule has 0 radical (unpaired) electrons. The van der Waals surface area contributed by atoms with E-state index in [9.17, 15) is 0 Å². The van der Waals surface area contributed by atoms with Gasteiger partial charge in [-0.1, -0.05) is 184 Å². The first-order valence-corrected chi connectivity index (χ1v) is 23.8. The van der Waals surface area contributed by atoms with Crippen LogP contribution in [0, 0.1) is 6.33 Å². The number of rotatable bonds is 11. The van der Waals surface area contributed by atoms with Crippen molar-refractivity contribution in [1.29, 1.82) is 0 Å². The molecule has 0 unspecified atom stereocenters. The van der Waals surface area contributed by atoms with Gasteiger partial charge in [0, 0.05) is 45.5 Å². The fourth-order valence-corrected chi connectivity index (χ4v) is 9.75. The van der Waals surface area contributed by atoms with Crippen LogP contribution in [0.25, 0.3) is 39.0 Å². The highest BCUT2D eigenvalue weighted by molar-refractivity contribution is 6.09. The summed E-state index contributed by atoms with van der Waals surface area (Å²) < 4.78 is 13.5. The van der Waals surface area contributed by atoms with Crippen molar-refractivity contribution in [3.63, 3.8) is 0 Å². The predicted molar refractivity (Wildman–Crippen MR) is 279 cm³/mol. The number of ether oxygens (including phenoxy) is 1. The van der Waals surface area contributed by atoms with Gasteiger partial charge < -0.3 is 4.74 Å². The first kappa shape index (κ1) is 44.3. The molecule has 0 saturated carbocycles. The SMILES string of the molecule is CC(C)(C)c1ccnc(-n2c3ccccc3c3ccc(Oc4cccc(-n5[c-][n+](-c6cc(C(C)(C)c7ccccc7)cc(C(C)(C)c7ccccc7)c6)c(C(C)(C)c6ccccc6)c5)c4)cc32)c1. The molecule has 0 bridgehead atoms. The van der Waals surface area contributed by atoms with Crippen LogP contribution in [0.5, 0.6) is 11.5 Å². The number of aromatic nitrogens is 4. The smallest absolute Gasteiger partial charge is 0.269 e. The van der Waals surface area contributed by atoms with Gasteiger partial charge in [-0.15, -0.1) is 0 Å². The van der Waals surface area contributed by atoms with Gasteiger partial charge in [0.2, 0.25) is 0 Å². The molecule has 5 heteroatoms. The molecule has 0 N–H and O–H groups in total. The highest BCUT2D eigenvalue weighted by Crippen LogP contribution is 2.40. The molecule has 0 amide bonds. The average molecular weight is 889 g/mol. The van der Waals surface area contributed by atoms with Crippen LogP contribution < -0.4 is 9.30 Å². The van der Waals surface area contributed by atoms with Gasteiger partial charge in [-0.2, -0.15) is 0 Å². The number of pyridine rings is 1. The molecule has 10 aromatic rings. The number of nitrogens with zero attached hydrogens (tertiary/aromatic N) is 4. The molecule has 0 aliphatic carbocycles. The third-order valence-corrected chi connectivity index (χ3v) is 14.3. The van der Waals surface area contributed by atoms with Crippen LogP contribution in [0.15, 0.2) is 200 Å². The van der Waals surface area contributed by atoms with Gasteiger partial charge >= 0.3 is 0 Å². The largest absolute Gasteiger partial charge is 0.458 e. The molecule has 0 saturated heterocycles. The second-order valence-corrected chi connectivity index (χ2v) is 20.8. The first-order valence-electron chi connectivity index (χ1n) is 23.8. The zero-order valence-electron chi connectivity index (χ0n) is 40.7. The Balaban J connectivity index is 1.10. The molecule has 5 nitrogen and oxygen atoms in total. The van der Waals surface area contributed by atoms with Crippen LogP contribution >= 0.6 is 0 Å². The van der Waals surface area contributed by atoms with Crippen LogP contribution in [0.3, 0.4) is 0 Å². The molecule has 7 aromatic carbocycles. The quantitative estimate of drug-likeness (QED) is 0.0958. The summed E-state index contributed by atoms with van der Waals surface area (Å²) in [5, 5.41) is 2.32. The summed E-state index contributed by atoms with van der Waals surface area (Å²) in [6, 6.07) is 67.2. The highest BCUT2D eigenvalue weighted by atomic mass is 16.5. The van der Waals surface area contributed by atoms with Crippen LogP contribution in [0.2, 0.25) is 0 Å². The molecule has 338 valence electrons. The van der Waals surface area contributed by atoms with Crippen molar-refractivity contribution < 1.29 is 9.30 Å². The monoisotopic (exact) mass is 888 g/mol. The fourth-order valence-electron chi connectivity index (χ4n) is 9.75. The molecule has 0 aliphatic heterocycles. The third-order valence-electron chi connectivity index (χ3n) is 14.3. The predicted octanol–water partition coefficient (Wildman–Crippen LogP) is 15.1. The Hall–Kier alpha value is -7.50. The maximum Gasteiger partial charge on any atom is 0.269 e. The zero-order valence-corrected chi connectivity index (χ0v) is 40.7. The number of hydrogen-bond donors (Lipinski definition) is 0. The third kappa shape index (κ3) is 8.10. The van der Waals surface area contributed by atoms with E-state index in [-0.39, 0.29) is 16.2 Å². The van der Waals surface area contributed by atoms with E-state index in [4.69, 9.17) is 9.72 Å². The summed E-state index contributed by atoms with van der Waals surface area (Å²) in [5.41, 5.74) is 11.7. The summed E-state index contributed by atoms with van der Waals surface area (Å²) in [6.45, 7) is 20.7. The molecule has 10 rings (SSSR count). The summed E-state index contributed by atoms with van der Waals surface area (Å²) in [4.78, 5) is 4.90. The number of imidazole rings is 1. The Kier molecular flexibility index (Phi) is 11.1. The molecule has 68 heavy (non-hydrogen) atoms. The van der Waals surface area contributed by atoms with Gasteiger partial charge in [0.05, 0.1) is 28.1 Å². The topological polar surface area (TPSA) is 35.9 Å². The minimum absolute atomic E-state index is 0.0181. The molecule has 0 aliphatic rings. The Labute approximate surface area is 402 Å². The Bertz CT molecular complexity index is 3350. The Morgan fingerprint density at radius 2 is 1.01 bits per heavy atom. The molecular weight excluding hydrogens is 829 g/mol. The Morgan fingerprint density at radius 1 is 0.456 bits per heavy atom. The minimum atomic E-state index is -0.397. The maximum atomic E-state index is 6.79. The van der Waals surface area contributed by atoms with E-state index in [0.29, 0.717) is 0 Å². The van der Waals surface area contributed by atoms with Crippen molar-refractivity contribution >= 4 is 21.8 Å². The normalized spacial score (nSPS) is 12.5. The second-order valence-electron chi connectivity index (χ2n) is 20.8. The number of para-hydroxylation sites is 1. The number of fused-ring (bicyclic) bond motifs is 3. The zero-order chi connectivity index (χ0) is 47.4. The van der Waals surface area contributed by atoms with Crippen LogP contribution in [-0.2, 0) is 21.7 Å². The molecular formula is C63H60N4O. The van der Waals surface area contributed by atoms with Gasteiger partial charge in [0.25, 0.3) is 6.33 Å². The van der Waals surface area contributed by atoms with E-state index >= 15 is 0 Å². The summed E-state index contributed by atoms with van der Waals surface area (Å²) >= 11 is 0. The maximum absolute atomic E-state index is 6.79. The van der Waals surface area contributed by atoms with Crippen molar-refractivity contribution in [2.45, 2.75) is 84.0 Å². The van der Waals surface area contributed by atoms with E-state index < -0.39 is 5.41 Å². The molecule has 3 aromatic heterocycles. The lowest BCUT2D eigenvalue weighted by Gasteiger charge is -2.33. The van der Waals surface area contributed by atoms with Crippen molar-refractivity contribution in [3.8, 4) is 28.7 Å². The van der Waals surface area contributed by atoms with Crippen molar-refractivity contribution in [2.75, 3.05) is 0 Å². The lowest BCUT2D eigenvalue weighted by Crippen LogP contribution is -2.41. The number of benzene rings is 7. The second kappa shape index (κ2) is 17.0. The summed E-state index contributed by atoms with van der Waals surface area (Å²) in [6.07, 6.45) is 8.03. The summed E-state index contributed by atoms with van der Waals surface area (Å²) in [7, 11) is 0. The van der Waals surface area contributed by atoms with Crippen LogP contribution in [-0.4, -0.2) is 14.1 Å². The minimum Gasteiger partial charge on any atom is -0.458 e. The van der Waals surface area contributed by atoms with E-state index in [1.54, 1.807) is 0 Å². The lowest BCUT2D eigenvalue weighted by molar-refractivity contribution is -0.611. The van der Waals surface area contributed by atoms with Crippen LogP contribution in [0.4, 0.5) is 0 Å². The first-order chi connectivity index (χ1) is 32.6. The van der Waals surface area contributed by atoms with Crippen molar-refractivity contribution in [3.05, 3.63) is 246 Å². The molecule has 0 spiro atoms. The van der Waals surface area contributed by atoms with Gasteiger partial charge in [-0.05, 0) is 99.5 Å². The van der Waals surface area contributed by atoms with Crippen molar-refractivity contribution in [2.24, 2.45) is 0 Å². The van der Waals surface area contributed by atoms with Gasteiger partial charge in [-0.25, -0.2) is 4.98 Å². The summed E-state index contributed by atoms with van der Waals surface area (Å²) in [5.74, 6) is 2.36.